The summed E-state index contributed by atoms with van der Waals surface area (Å²) in [6, 6.07) is 9.37. The third-order valence-electron chi connectivity index (χ3n) is 3.25. The SMILES string of the molecule is Cc1occc1CN(C)CC(O)c1ccccc1N. The van der Waals surface area contributed by atoms with Crippen LogP contribution in [0.2, 0.25) is 0 Å². The van der Waals surface area contributed by atoms with Gasteiger partial charge in [0, 0.05) is 29.9 Å². The fraction of sp³-hybridized carbons (Fsp3) is 0.333. The number of nitrogen functional groups attached to an aromatic ring is 1. The number of aliphatic hydroxyl groups excluding tert-OH is 1. The summed E-state index contributed by atoms with van der Waals surface area (Å²) >= 11 is 0. The molecular formula is C15H20N2O2. The minimum atomic E-state index is -0.585. The molecule has 2 aromatic rings. The van der Waals surface area contributed by atoms with E-state index < -0.39 is 6.10 Å². The van der Waals surface area contributed by atoms with Gasteiger partial charge in [0.2, 0.25) is 0 Å². The van der Waals surface area contributed by atoms with E-state index in [1.165, 1.54) is 0 Å². The van der Waals surface area contributed by atoms with Crippen molar-refractivity contribution in [2.24, 2.45) is 0 Å². The summed E-state index contributed by atoms with van der Waals surface area (Å²) in [5.41, 5.74) is 8.40. The molecule has 0 saturated carbocycles. The van der Waals surface area contributed by atoms with Crippen LogP contribution in [-0.2, 0) is 6.54 Å². The molecule has 0 amide bonds. The van der Waals surface area contributed by atoms with Crippen molar-refractivity contribution in [1.29, 1.82) is 0 Å². The Labute approximate surface area is 113 Å². The molecule has 1 unspecified atom stereocenters. The average molecular weight is 260 g/mol. The third-order valence-corrected chi connectivity index (χ3v) is 3.25. The van der Waals surface area contributed by atoms with Crippen molar-refractivity contribution in [3.63, 3.8) is 0 Å². The Morgan fingerprint density at radius 1 is 1.32 bits per heavy atom. The van der Waals surface area contributed by atoms with Crippen molar-refractivity contribution in [2.75, 3.05) is 19.3 Å². The second-order valence-electron chi connectivity index (χ2n) is 4.84. The molecule has 3 N–H and O–H groups in total. The second-order valence-corrected chi connectivity index (χ2v) is 4.84. The highest BCUT2D eigenvalue weighted by molar-refractivity contribution is 5.47. The van der Waals surface area contributed by atoms with E-state index >= 15 is 0 Å². The maximum atomic E-state index is 10.2. The van der Waals surface area contributed by atoms with Gasteiger partial charge in [0.05, 0.1) is 12.4 Å². The number of benzene rings is 1. The van der Waals surface area contributed by atoms with Crippen molar-refractivity contribution >= 4 is 5.69 Å². The van der Waals surface area contributed by atoms with Crippen LogP contribution in [0.25, 0.3) is 0 Å². The quantitative estimate of drug-likeness (QED) is 0.810. The van der Waals surface area contributed by atoms with E-state index in [-0.39, 0.29) is 0 Å². The number of para-hydroxylation sites is 1. The summed E-state index contributed by atoms with van der Waals surface area (Å²) < 4.78 is 5.26. The van der Waals surface area contributed by atoms with Gasteiger partial charge in [-0.1, -0.05) is 18.2 Å². The highest BCUT2D eigenvalue weighted by atomic mass is 16.3. The van der Waals surface area contributed by atoms with Crippen LogP contribution in [0, 0.1) is 6.92 Å². The molecule has 0 fully saturated rings. The largest absolute Gasteiger partial charge is 0.469 e. The van der Waals surface area contributed by atoms with Gasteiger partial charge in [0.25, 0.3) is 0 Å². The Morgan fingerprint density at radius 3 is 2.68 bits per heavy atom. The van der Waals surface area contributed by atoms with E-state index in [0.29, 0.717) is 12.2 Å². The van der Waals surface area contributed by atoms with Gasteiger partial charge in [0.15, 0.2) is 0 Å². The Hall–Kier alpha value is -1.78. The highest BCUT2D eigenvalue weighted by Gasteiger charge is 2.14. The molecule has 1 aromatic carbocycles. The first-order valence-electron chi connectivity index (χ1n) is 6.32. The van der Waals surface area contributed by atoms with Gasteiger partial charge in [-0.15, -0.1) is 0 Å². The number of nitrogens with zero attached hydrogens (tertiary/aromatic N) is 1. The number of hydrogen-bond donors (Lipinski definition) is 2. The van der Waals surface area contributed by atoms with Gasteiger partial charge in [-0.25, -0.2) is 0 Å². The molecule has 0 aliphatic rings. The average Bonchev–Trinajstić information content (AvgIpc) is 2.75. The molecule has 2 rings (SSSR count). The molecule has 0 bridgehead atoms. The van der Waals surface area contributed by atoms with Crippen LogP contribution < -0.4 is 5.73 Å². The topological polar surface area (TPSA) is 62.6 Å². The summed E-state index contributed by atoms with van der Waals surface area (Å²) in [6.07, 6.45) is 1.10. The van der Waals surface area contributed by atoms with Crippen LogP contribution in [0.15, 0.2) is 41.0 Å². The smallest absolute Gasteiger partial charge is 0.105 e. The predicted molar refractivity (Wildman–Crippen MR) is 75.6 cm³/mol. The second kappa shape index (κ2) is 5.91. The lowest BCUT2D eigenvalue weighted by atomic mass is 10.1. The van der Waals surface area contributed by atoms with Crippen molar-refractivity contribution < 1.29 is 9.52 Å². The minimum Gasteiger partial charge on any atom is -0.469 e. The summed E-state index contributed by atoms with van der Waals surface area (Å²) in [7, 11) is 1.97. The number of aryl methyl sites for hydroxylation is 1. The van der Waals surface area contributed by atoms with Gasteiger partial charge in [-0.05, 0) is 26.1 Å². The van der Waals surface area contributed by atoms with Crippen molar-refractivity contribution in [3.8, 4) is 0 Å². The fourth-order valence-electron chi connectivity index (χ4n) is 2.14. The molecular weight excluding hydrogens is 240 g/mol. The van der Waals surface area contributed by atoms with E-state index in [1.54, 1.807) is 12.3 Å². The lowest BCUT2D eigenvalue weighted by Crippen LogP contribution is -2.24. The molecule has 102 valence electrons. The summed E-state index contributed by atoms with van der Waals surface area (Å²) in [6.45, 7) is 3.21. The van der Waals surface area contributed by atoms with E-state index in [0.717, 1.165) is 23.4 Å². The molecule has 4 nitrogen and oxygen atoms in total. The van der Waals surface area contributed by atoms with Gasteiger partial charge < -0.3 is 15.3 Å². The van der Waals surface area contributed by atoms with Crippen LogP contribution >= 0.6 is 0 Å². The summed E-state index contributed by atoms with van der Waals surface area (Å²) in [5, 5.41) is 10.2. The van der Waals surface area contributed by atoms with Gasteiger partial charge in [-0.2, -0.15) is 0 Å². The maximum Gasteiger partial charge on any atom is 0.105 e. The Balaban J connectivity index is 1.97. The zero-order chi connectivity index (χ0) is 13.8. The van der Waals surface area contributed by atoms with E-state index in [9.17, 15) is 5.11 Å². The first-order chi connectivity index (χ1) is 9.08. The molecule has 0 spiro atoms. The van der Waals surface area contributed by atoms with E-state index in [1.807, 2.05) is 38.2 Å². The normalized spacial score (nSPS) is 12.8. The number of furan rings is 1. The number of nitrogens with two attached hydrogens (primary N) is 1. The number of hydrogen-bond acceptors (Lipinski definition) is 4. The Kier molecular flexibility index (Phi) is 4.24. The summed E-state index contributed by atoms with van der Waals surface area (Å²) in [4.78, 5) is 2.05. The Morgan fingerprint density at radius 2 is 2.05 bits per heavy atom. The van der Waals surface area contributed by atoms with Crippen LogP contribution in [0.1, 0.15) is 23.0 Å². The van der Waals surface area contributed by atoms with E-state index in [2.05, 4.69) is 4.90 Å². The molecule has 0 aliphatic heterocycles. The lowest BCUT2D eigenvalue weighted by molar-refractivity contribution is 0.124. The number of anilines is 1. The van der Waals surface area contributed by atoms with E-state index in [4.69, 9.17) is 10.2 Å². The molecule has 4 heteroatoms. The van der Waals surface area contributed by atoms with Crippen molar-refractivity contribution in [1.82, 2.24) is 4.90 Å². The highest BCUT2D eigenvalue weighted by Crippen LogP contribution is 2.21. The monoisotopic (exact) mass is 260 g/mol. The number of rotatable bonds is 5. The molecule has 0 radical (unpaired) electrons. The number of likely N-dealkylation sites (N-methyl/N-ethyl adjacent to an activating group) is 1. The van der Waals surface area contributed by atoms with Crippen LogP contribution in [-0.4, -0.2) is 23.6 Å². The minimum absolute atomic E-state index is 0.527. The molecule has 1 heterocycles. The van der Waals surface area contributed by atoms with Crippen LogP contribution in [0.4, 0.5) is 5.69 Å². The van der Waals surface area contributed by atoms with Gasteiger partial charge >= 0.3 is 0 Å². The molecule has 19 heavy (non-hydrogen) atoms. The maximum absolute atomic E-state index is 10.2. The van der Waals surface area contributed by atoms with Gasteiger partial charge in [0.1, 0.15) is 5.76 Å². The predicted octanol–water partition coefficient (Wildman–Crippen LogP) is 2.34. The molecule has 0 saturated heterocycles. The first kappa shape index (κ1) is 13.6. The zero-order valence-corrected chi connectivity index (χ0v) is 11.3. The number of aliphatic hydroxyl groups is 1. The van der Waals surface area contributed by atoms with Crippen molar-refractivity contribution in [3.05, 3.63) is 53.5 Å². The zero-order valence-electron chi connectivity index (χ0n) is 11.3. The first-order valence-corrected chi connectivity index (χ1v) is 6.32. The van der Waals surface area contributed by atoms with Gasteiger partial charge in [-0.3, -0.25) is 4.90 Å². The fourth-order valence-corrected chi connectivity index (χ4v) is 2.14. The molecule has 1 atom stereocenters. The molecule has 1 aromatic heterocycles. The standard InChI is InChI=1S/C15H20N2O2/c1-11-12(7-8-19-11)9-17(2)10-15(18)13-5-3-4-6-14(13)16/h3-8,15,18H,9-10,16H2,1-2H3. The van der Waals surface area contributed by atoms with Crippen molar-refractivity contribution in [2.45, 2.75) is 19.6 Å². The third kappa shape index (κ3) is 3.36. The lowest BCUT2D eigenvalue weighted by Gasteiger charge is -2.21. The van der Waals surface area contributed by atoms with Crippen LogP contribution in [0.5, 0.6) is 0 Å². The van der Waals surface area contributed by atoms with Crippen LogP contribution in [0.3, 0.4) is 0 Å². The molecule has 0 aliphatic carbocycles. The summed E-state index contributed by atoms with van der Waals surface area (Å²) in [5.74, 6) is 0.917. The Bertz CT molecular complexity index is 536.